The summed E-state index contributed by atoms with van der Waals surface area (Å²) in [5, 5.41) is 4.09. The normalized spacial score (nSPS) is 21.9. The Balaban J connectivity index is 1.27. The van der Waals surface area contributed by atoms with Crippen LogP contribution in [0, 0.1) is 18.3 Å². The molecule has 2 aromatic heterocycles. The van der Waals surface area contributed by atoms with Gasteiger partial charge in [0.15, 0.2) is 0 Å². The molecule has 1 aliphatic carbocycles. The number of fused-ring (bicyclic) bond motifs is 2. The predicted octanol–water partition coefficient (Wildman–Crippen LogP) is 4.44. The number of nitrogens with two attached hydrogens (primary N) is 1. The summed E-state index contributed by atoms with van der Waals surface area (Å²) in [6.07, 6.45) is 9.39. The van der Waals surface area contributed by atoms with E-state index in [0.29, 0.717) is 31.2 Å². The molecular formula is C28H32N4O3. The first kappa shape index (κ1) is 23.3. The smallest absolute Gasteiger partial charge is 0.246 e. The Morgan fingerprint density at radius 2 is 2.09 bits per heavy atom. The summed E-state index contributed by atoms with van der Waals surface area (Å²) in [6, 6.07) is 9.92. The Hall–Kier alpha value is -3.45. The highest BCUT2D eigenvalue weighted by molar-refractivity contribution is 5.98. The molecule has 0 unspecified atom stereocenters. The summed E-state index contributed by atoms with van der Waals surface area (Å²) >= 11 is 0. The molecule has 0 saturated heterocycles. The molecule has 0 bridgehead atoms. The second-order valence-corrected chi connectivity index (χ2v) is 10.0. The van der Waals surface area contributed by atoms with Crippen LogP contribution in [0.2, 0.25) is 0 Å². The summed E-state index contributed by atoms with van der Waals surface area (Å²) in [5.41, 5.74) is 9.22. The van der Waals surface area contributed by atoms with Crippen LogP contribution in [0.4, 0.5) is 5.82 Å². The fraction of sp³-hybridized carbons (Fsp3) is 0.393. The maximum atomic E-state index is 12.9. The summed E-state index contributed by atoms with van der Waals surface area (Å²) in [7, 11) is 1.77. The number of aryl methyl sites for hydroxylation is 1. The van der Waals surface area contributed by atoms with Gasteiger partial charge in [0.1, 0.15) is 17.2 Å². The molecule has 1 saturated carbocycles. The van der Waals surface area contributed by atoms with Crippen molar-refractivity contribution in [1.29, 1.82) is 0 Å². The SMILES string of the molecule is Cc1c(CN(C)C(=O)/C=C/c2cnc3c(c2)CC2(CCC(CN)CC2)C(=O)N3)oc2ccccc12. The molecule has 1 aliphatic heterocycles. The van der Waals surface area contributed by atoms with Crippen molar-refractivity contribution in [2.24, 2.45) is 17.1 Å². The van der Waals surface area contributed by atoms with Crippen molar-refractivity contribution >= 4 is 34.7 Å². The molecule has 1 spiro atoms. The number of hydrogen-bond acceptors (Lipinski definition) is 5. The van der Waals surface area contributed by atoms with Crippen molar-refractivity contribution in [2.75, 3.05) is 18.9 Å². The third kappa shape index (κ3) is 4.48. The first-order chi connectivity index (χ1) is 16.9. The number of anilines is 1. The predicted molar refractivity (Wildman–Crippen MR) is 136 cm³/mol. The molecule has 7 nitrogen and oxygen atoms in total. The number of para-hydroxylation sites is 1. The fourth-order valence-electron chi connectivity index (χ4n) is 5.39. The van der Waals surface area contributed by atoms with Gasteiger partial charge in [0, 0.05) is 30.3 Å². The molecular weight excluding hydrogens is 440 g/mol. The molecule has 3 aromatic rings. The van der Waals surface area contributed by atoms with Crippen molar-refractivity contribution < 1.29 is 14.0 Å². The van der Waals surface area contributed by atoms with Crippen molar-refractivity contribution in [3.63, 3.8) is 0 Å². The Morgan fingerprint density at radius 3 is 2.83 bits per heavy atom. The van der Waals surface area contributed by atoms with Crippen LogP contribution in [0.3, 0.4) is 0 Å². The minimum absolute atomic E-state index is 0.0777. The minimum atomic E-state index is -0.372. The molecule has 0 radical (unpaired) electrons. The topological polar surface area (TPSA) is 101 Å². The quantitative estimate of drug-likeness (QED) is 0.535. The van der Waals surface area contributed by atoms with E-state index in [9.17, 15) is 9.59 Å². The number of nitrogens with one attached hydrogen (secondary N) is 1. The van der Waals surface area contributed by atoms with Crippen molar-refractivity contribution in [3.8, 4) is 0 Å². The molecule has 5 rings (SSSR count). The van der Waals surface area contributed by atoms with Gasteiger partial charge in [-0.15, -0.1) is 0 Å². The second-order valence-electron chi connectivity index (χ2n) is 10.0. The van der Waals surface area contributed by atoms with Crippen LogP contribution in [-0.2, 0) is 22.6 Å². The summed E-state index contributed by atoms with van der Waals surface area (Å²) < 4.78 is 5.95. The van der Waals surface area contributed by atoms with Crippen LogP contribution in [0.1, 0.15) is 48.1 Å². The third-order valence-electron chi connectivity index (χ3n) is 7.74. The molecule has 1 fully saturated rings. The van der Waals surface area contributed by atoms with E-state index in [0.717, 1.165) is 59.1 Å². The van der Waals surface area contributed by atoms with Gasteiger partial charge in [0.05, 0.1) is 12.0 Å². The summed E-state index contributed by atoms with van der Waals surface area (Å²) in [6.45, 7) is 3.09. The number of rotatable bonds is 5. The zero-order chi connectivity index (χ0) is 24.6. The number of furan rings is 1. The first-order valence-electron chi connectivity index (χ1n) is 12.3. The van der Waals surface area contributed by atoms with E-state index in [1.165, 1.54) is 0 Å². The molecule has 3 N–H and O–H groups in total. The van der Waals surface area contributed by atoms with E-state index in [1.807, 2.05) is 37.3 Å². The molecule has 182 valence electrons. The van der Waals surface area contributed by atoms with Gasteiger partial charge in [0.25, 0.3) is 0 Å². The average molecular weight is 473 g/mol. The van der Waals surface area contributed by atoms with Crippen LogP contribution < -0.4 is 11.1 Å². The highest BCUT2D eigenvalue weighted by Gasteiger charge is 2.44. The largest absolute Gasteiger partial charge is 0.459 e. The minimum Gasteiger partial charge on any atom is -0.459 e. The lowest BCUT2D eigenvalue weighted by Gasteiger charge is -2.41. The number of nitrogens with zero attached hydrogens (tertiary/aromatic N) is 2. The van der Waals surface area contributed by atoms with Gasteiger partial charge in [-0.25, -0.2) is 4.98 Å². The van der Waals surface area contributed by atoms with Gasteiger partial charge < -0.3 is 20.4 Å². The maximum absolute atomic E-state index is 12.9. The van der Waals surface area contributed by atoms with Crippen LogP contribution in [0.25, 0.3) is 17.0 Å². The number of carbonyl (C=O) groups is 2. The highest BCUT2D eigenvalue weighted by atomic mass is 16.3. The van der Waals surface area contributed by atoms with Gasteiger partial charge in [0.2, 0.25) is 11.8 Å². The molecule has 7 heteroatoms. The van der Waals surface area contributed by atoms with E-state index in [1.54, 1.807) is 30.3 Å². The highest BCUT2D eigenvalue weighted by Crippen LogP contribution is 2.45. The zero-order valence-corrected chi connectivity index (χ0v) is 20.3. The van der Waals surface area contributed by atoms with Gasteiger partial charge in [-0.2, -0.15) is 0 Å². The Bertz CT molecular complexity index is 1300. The fourth-order valence-corrected chi connectivity index (χ4v) is 5.39. The molecule has 3 heterocycles. The Morgan fingerprint density at radius 1 is 1.31 bits per heavy atom. The third-order valence-corrected chi connectivity index (χ3v) is 7.74. The van der Waals surface area contributed by atoms with E-state index in [-0.39, 0.29) is 17.2 Å². The van der Waals surface area contributed by atoms with Crippen molar-refractivity contribution in [1.82, 2.24) is 9.88 Å². The Labute approximate surface area is 205 Å². The average Bonchev–Trinajstić information content (AvgIpc) is 3.18. The van der Waals surface area contributed by atoms with E-state index < -0.39 is 0 Å². The number of amides is 2. The lowest BCUT2D eigenvalue weighted by atomic mass is 9.65. The number of aromatic nitrogens is 1. The zero-order valence-electron chi connectivity index (χ0n) is 20.3. The maximum Gasteiger partial charge on any atom is 0.246 e. The monoisotopic (exact) mass is 472 g/mol. The number of benzene rings is 1. The number of carbonyl (C=O) groups excluding carboxylic acids is 2. The lowest BCUT2D eigenvalue weighted by molar-refractivity contribution is -0.128. The van der Waals surface area contributed by atoms with E-state index >= 15 is 0 Å². The van der Waals surface area contributed by atoms with E-state index in [2.05, 4.69) is 10.3 Å². The summed E-state index contributed by atoms with van der Waals surface area (Å²) in [5.74, 6) is 1.88. The van der Waals surface area contributed by atoms with Crippen LogP contribution in [0.15, 0.2) is 47.0 Å². The molecule has 1 aromatic carbocycles. The van der Waals surface area contributed by atoms with Crippen molar-refractivity contribution in [3.05, 3.63) is 65.1 Å². The van der Waals surface area contributed by atoms with Crippen molar-refractivity contribution in [2.45, 2.75) is 45.6 Å². The van der Waals surface area contributed by atoms with Gasteiger partial charge in [-0.3, -0.25) is 9.59 Å². The Kier molecular flexibility index (Phi) is 6.19. The molecule has 35 heavy (non-hydrogen) atoms. The standard InChI is InChI=1S/C28H32N4O3/c1-18-22-5-3-4-6-23(22)35-24(18)17-32(2)25(33)8-7-20-13-21-14-28(11-9-19(15-29)10-12-28)27(34)31-26(21)30-16-20/h3-8,13,16,19H,9-12,14-15,17,29H2,1-2H3,(H,30,31,34)/b8-7+. The van der Waals surface area contributed by atoms with Crippen LogP contribution in [-0.4, -0.2) is 35.3 Å². The number of likely N-dealkylation sites (N-methyl/N-ethyl adjacent to an activating group) is 1. The van der Waals surface area contributed by atoms with E-state index in [4.69, 9.17) is 10.2 Å². The second kappa shape index (κ2) is 9.30. The van der Waals surface area contributed by atoms with Gasteiger partial charge in [-0.05, 0) is 80.8 Å². The first-order valence-corrected chi connectivity index (χ1v) is 12.3. The summed E-state index contributed by atoms with van der Waals surface area (Å²) in [4.78, 5) is 31.8. The molecule has 2 amide bonds. The van der Waals surface area contributed by atoms with Crippen LogP contribution in [0.5, 0.6) is 0 Å². The van der Waals surface area contributed by atoms with Gasteiger partial charge in [-0.1, -0.05) is 18.2 Å². The van der Waals surface area contributed by atoms with Crippen LogP contribution >= 0.6 is 0 Å². The molecule has 2 aliphatic rings. The number of pyridine rings is 1. The molecule has 0 atom stereocenters. The van der Waals surface area contributed by atoms with Gasteiger partial charge >= 0.3 is 0 Å². The lowest BCUT2D eigenvalue weighted by Crippen LogP contribution is -2.45. The number of hydrogen-bond donors (Lipinski definition) is 2.